The lowest BCUT2D eigenvalue weighted by molar-refractivity contribution is -0.136. The maximum absolute atomic E-state index is 12.5. The lowest BCUT2D eigenvalue weighted by Crippen LogP contribution is -2.45. The SMILES string of the molecule is CCOc1cc([C@@H]2NC(=O)NC(C)=C2C(=O)OC)ccc1OC[C@H](O)N/N=C/c1c(OCc2ccc(Cl)c(Cl)c2)ccc2ccccc12. The first-order valence-electron chi connectivity index (χ1n) is 15.0. The number of amides is 2. The summed E-state index contributed by atoms with van der Waals surface area (Å²) in [6.07, 6.45) is 0.392. The maximum atomic E-state index is 12.5. The Balaban J connectivity index is 1.28. The number of aliphatic hydroxyl groups is 1. The summed E-state index contributed by atoms with van der Waals surface area (Å²) in [5.41, 5.74) is 5.48. The fourth-order valence-corrected chi connectivity index (χ4v) is 5.46. The lowest BCUT2D eigenvalue weighted by atomic mass is 9.95. The number of nitrogens with zero attached hydrogens (tertiary/aromatic N) is 1. The Morgan fingerprint density at radius 2 is 1.79 bits per heavy atom. The van der Waals surface area contributed by atoms with Crippen molar-refractivity contribution in [3.8, 4) is 17.2 Å². The van der Waals surface area contributed by atoms with Gasteiger partial charge in [0.15, 0.2) is 17.7 Å². The van der Waals surface area contributed by atoms with Gasteiger partial charge in [-0.3, -0.25) is 5.43 Å². The van der Waals surface area contributed by atoms with E-state index in [0.717, 1.165) is 16.3 Å². The molecule has 2 atom stereocenters. The number of methoxy groups -OCH3 is 1. The molecule has 0 spiro atoms. The van der Waals surface area contributed by atoms with Crippen LogP contribution in [-0.4, -0.2) is 49.9 Å². The Bertz CT molecular complexity index is 1880. The van der Waals surface area contributed by atoms with Crippen molar-refractivity contribution < 1.29 is 33.6 Å². The van der Waals surface area contributed by atoms with E-state index in [1.165, 1.54) is 7.11 Å². The Labute approximate surface area is 287 Å². The molecule has 0 fully saturated rings. The van der Waals surface area contributed by atoms with Gasteiger partial charge >= 0.3 is 12.0 Å². The van der Waals surface area contributed by atoms with E-state index < -0.39 is 24.3 Å². The number of carbonyl (C=O) groups is 2. The Morgan fingerprint density at radius 3 is 2.56 bits per heavy atom. The summed E-state index contributed by atoms with van der Waals surface area (Å²) in [6.45, 7) is 3.84. The number of allylic oxidation sites excluding steroid dienone is 1. The van der Waals surface area contributed by atoms with Crippen molar-refractivity contribution in [2.24, 2.45) is 5.10 Å². The van der Waals surface area contributed by atoms with Crippen molar-refractivity contribution in [2.45, 2.75) is 32.7 Å². The minimum Gasteiger partial charge on any atom is -0.490 e. The van der Waals surface area contributed by atoms with E-state index >= 15 is 0 Å². The second-order valence-electron chi connectivity index (χ2n) is 10.7. The number of carbonyl (C=O) groups excluding carboxylic acids is 2. The third-order valence-corrected chi connectivity index (χ3v) is 8.14. The molecule has 0 aromatic heterocycles. The molecule has 48 heavy (non-hydrogen) atoms. The third-order valence-electron chi connectivity index (χ3n) is 7.40. The largest absolute Gasteiger partial charge is 0.490 e. The highest BCUT2D eigenvalue weighted by molar-refractivity contribution is 6.42. The van der Waals surface area contributed by atoms with Gasteiger partial charge in [-0.05, 0) is 66.1 Å². The van der Waals surface area contributed by atoms with Crippen LogP contribution in [0.5, 0.6) is 17.2 Å². The summed E-state index contributed by atoms with van der Waals surface area (Å²) in [7, 11) is 1.27. The highest BCUT2D eigenvalue weighted by atomic mass is 35.5. The molecule has 1 aliphatic heterocycles. The predicted molar refractivity (Wildman–Crippen MR) is 184 cm³/mol. The van der Waals surface area contributed by atoms with E-state index in [1.807, 2.05) is 49.4 Å². The average molecular weight is 694 g/mol. The number of rotatable bonds is 13. The highest BCUT2D eigenvalue weighted by Crippen LogP contribution is 2.35. The van der Waals surface area contributed by atoms with Gasteiger partial charge < -0.3 is 34.7 Å². The smallest absolute Gasteiger partial charge is 0.337 e. The number of halogens is 2. The van der Waals surface area contributed by atoms with Gasteiger partial charge in [0.2, 0.25) is 0 Å². The van der Waals surface area contributed by atoms with Crippen LogP contribution in [0.3, 0.4) is 0 Å². The number of ether oxygens (including phenoxy) is 4. The number of fused-ring (bicyclic) bond motifs is 1. The van der Waals surface area contributed by atoms with Crippen LogP contribution in [-0.2, 0) is 16.1 Å². The monoisotopic (exact) mass is 692 g/mol. The standard InChI is InChI=1S/C35H34Cl2N4O7/c1-4-46-30-16-23(33-32(34(43)45-3)20(2)39-35(44)40-33)11-14-29(30)48-19-31(42)41-38-17-25-24-8-6-5-7-22(24)10-13-28(25)47-18-21-9-12-26(36)27(37)15-21/h5-17,31,33,41-42H,4,18-19H2,1-3H3,(H2,39,40,44)/b38-17+/t31-,33-/m0/s1. The summed E-state index contributed by atoms with van der Waals surface area (Å²) >= 11 is 12.2. The van der Waals surface area contributed by atoms with Crippen molar-refractivity contribution >= 4 is 52.2 Å². The highest BCUT2D eigenvalue weighted by Gasteiger charge is 2.32. The van der Waals surface area contributed by atoms with Gasteiger partial charge in [-0.1, -0.05) is 65.7 Å². The lowest BCUT2D eigenvalue weighted by Gasteiger charge is -2.28. The molecule has 4 aromatic carbocycles. The number of hydrogen-bond acceptors (Lipinski definition) is 9. The first-order chi connectivity index (χ1) is 23.2. The zero-order valence-electron chi connectivity index (χ0n) is 26.4. The molecule has 0 radical (unpaired) electrons. The number of nitrogens with one attached hydrogen (secondary N) is 3. The van der Waals surface area contributed by atoms with Crippen molar-refractivity contribution in [3.63, 3.8) is 0 Å². The fraction of sp³-hybridized carbons (Fsp3) is 0.229. The number of hydrogen-bond donors (Lipinski definition) is 4. The number of hydrazone groups is 1. The van der Waals surface area contributed by atoms with Crippen LogP contribution < -0.4 is 30.3 Å². The Kier molecular flexibility index (Phi) is 11.3. The molecule has 4 aromatic rings. The first-order valence-corrected chi connectivity index (χ1v) is 15.7. The van der Waals surface area contributed by atoms with Gasteiger partial charge in [-0.2, -0.15) is 5.10 Å². The minimum atomic E-state index is -1.19. The van der Waals surface area contributed by atoms with Gasteiger partial charge in [0.1, 0.15) is 19.0 Å². The Hall–Kier alpha value is -4.97. The molecule has 0 saturated heterocycles. The van der Waals surface area contributed by atoms with Crippen LogP contribution in [0.2, 0.25) is 10.0 Å². The predicted octanol–water partition coefficient (Wildman–Crippen LogP) is 6.25. The first kappa shape index (κ1) is 34.4. The summed E-state index contributed by atoms with van der Waals surface area (Å²) in [5, 5.41) is 23.1. The van der Waals surface area contributed by atoms with E-state index in [4.69, 9.17) is 42.1 Å². The van der Waals surface area contributed by atoms with E-state index in [-0.39, 0.29) is 18.8 Å². The topological polar surface area (TPSA) is 140 Å². The zero-order valence-corrected chi connectivity index (χ0v) is 27.9. The van der Waals surface area contributed by atoms with Gasteiger partial charge in [0, 0.05) is 11.3 Å². The molecule has 250 valence electrons. The van der Waals surface area contributed by atoms with Gasteiger partial charge in [0.05, 0.1) is 41.6 Å². The van der Waals surface area contributed by atoms with Crippen molar-refractivity contribution in [1.29, 1.82) is 0 Å². The fourth-order valence-electron chi connectivity index (χ4n) is 5.14. The minimum absolute atomic E-state index is 0.177. The van der Waals surface area contributed by atoms with Crippen LogP contribution >= 0.6 is 23.2 Å². The molecule has 13 heteroatoms. The molecular weight excluding hydrogens is 659 g/mol. The average Bonchev–Trinajstić information content (AvgIpc) is 3.08. The van der Waals surface area contributed by atoms with Gasteiger partial charge in [-0.15, -0.1) is 0 Å². The zero-order chi connectivity index (χ0) is 34.2. The number of aliphatic hydroxyl groups excluding tert-OH is 1. The number of esters is 1. The molecule has 4 N–H and O–H groups in total. The van der Waals surface area contributed by atoms with E-state index in [2.05, 4.69) is 21.2 Å². The molecule has 0 unspecified atom stereocenters. The van der Waals surface area contributed by atoms with Crippen LogP contribution in [0.25, 0.3) is 10.8 Å². The van der Waals surface area contributed by atoms with Crippen LogP contribution in [0, 0.1) is 0 Å². The van der Waals surface area contributed by atoms with Crippen molar-refractivity contribution in [1.82, 2.24) is 16.1 Å². The molecule has 0 aliphatic carbocycles. The van der Waals surface area contributed by atoms with Crippen molar-refractivity contribution in [2.75, 3.05) is 20.3 Å². The van der Waals surface area contributed by atoms with Crippen LogP contribution in [0.4, 0.5) is 4.79 Å². The molecule has 0 saturated carbocycles. The summed E-state index contributed by atoms with van der Waals surface area (Å²) in [4.78, 5) is 24.7. The molecule has 1 heterocycles. The van der Waals surface area contributed by atoms with E-state index in [9.17, 15) is 14.7 Å². The van der Waals surface area contributed by atoms with E-state index in [1.54, 1.807) is 43.5 Å². The molecule has 0 bridgehead atoms. The third kappa shape index (κ3) is 8.11. The second kappa shape index (κ2) is 15.7. The number of benzene rings is 4. The quantitative estimate of drug-likeness (QED) is 0.0559. The van der Waals surface area contributed by atoms with Crippen molar-refractivity contribution in [3.05, 3.63) is 111 Å². The molecule has 2 amide bonds. The summed E-state index contributed by atoms with van der Waals surface area (Å²) in [6, 6.07) is 20.7. The van der Waals surface area contributed by atoms with Crippen LogP contribution in [0.15, 0.2) is 89.2 Å². The normalized spacial score (nSPS) is 15.1. The maximum Gasteiger partial charge on any atom is 0.337 e. The second-order valence-corrected chi connectivity index (χ2v) is 11.5. The molecular formula is C35H34Cl2N4O7. The molecule has 5 rings (SSSR count). The summed E-state index contributed by atoms with van der Waals surface area (Å²) in [5.74, 6) is 0.715. The molecule has 1 aliphatic rings. The van der Waals surface area contributed by atoms with Crippen LogP contribution in [0.1, 0.15) is 36.6 Å². The Morgan fingerprint density at radius 1 is 1.00 bits per heavy atom. The van der Waals surface area contributed by atoms with Gasteiger partial charge in [-0.25, -0.2) is 9.59 Å². The summed E-state index contributed by atoms with van der Waals surface area (Å²) < 4.78 is 22.7. The molecule has 11 nitrogen and oxygen atoms in total. The van der Waals surface area contributed by atoms with Gasteiger partial charge in [0.25, 0.3) is 0 Å². The number of urea groups is 1. The van der Waals surface area contributed by atoms with E-state index in [0.29, 0.717) is 50.7 Å².